The van der Waals surface area contributed by atoms with Crippen LogP contribution in [0.2, 0.25) is 5.02 Å². The summed E-state index contributed by atoms with van der Waals surface area (Å²) in [5.74, 6) is -0.502. The first kappa shape index (κ1) is 14.8. The predicted octanol–water partition coefficient (Wildman–Crippen LogP) is 2.78. The molecule has 106 valence electrons. The lowest BCUT2D eigenvalue weighted by molar-refractivity contribution is 0.0690. The molecule has 1 heterocycles. The first-order chi connectivity index (χ1) is 9.47. The van der Waals surface area contributed by atoms with Gasteiger partial charge in [-0.3, -0.25) is 0 Å². The van der Waals surface area contributed by atoms with Crippen LogP contribution < -0.4 is 4.74 Å². The summed E-state index contributed by atoms with van der Waals surface area (Å²) in [5.41, 5.74) is 0.817. The summed E-state index contributed by atoms with van der Waals surface area (Å²) in [6.07, 6.45) is 1.35. The first-order valence-electron chi connectivity index (χ1n) is 5.69. The van der Waals surface area contributed by atoms with Gasteiger partial charge in [0.1, 0.15) is 12.4 Å². The fourth-order valence-electron chi connectivity index (χ4n) is 1.62. The van der Waals surface area contributed by atoms with Gasteiger partial charge in [-0.25, -0.2) is 9.48 Å². The van der Waals surface area contributed by atoms with Gasteiger partial charge in [0, 0.05) is 4.47 Å². The molecule has 0 saturated carbocycles. The van der Waals surface area contributed by atoms with Gasteiger partial charge in [-0.1, -0.05) is 32.7 Å². The van der Waals surface area contributed by atoms with Gasteiger partial charge < -0.3 is 9.84 Å². The molecule has 1 N–H and O–H groups in total. The molecule has 6 nitrogen and oxygen atoms in total. The molecule has 2 aromatic rings. The molecule has 0 atom stereocenters. The Kier molecular flexibility index (Phi) is 4.61. The van der Waals surface area contributed by atoms with E-state index in [-0.39, 0.29) is 5.69 Å². The number of rotatable bonds is 5. The minimum atomic E-state index is -1.11. The highest BCUT2D eigenvalue weighted by Gasteiger charge is 2.10. The first-order valence-corrected chi connectivity index (χ1v) is 6.86. The van der Waals surface area contributed by atoms with Gasteiger partial charge in [0.15, 0.2) is 5.69 Å². The van der Waals surface area contributed by atoms with Crippen LogP contribution in [0.1, 0.15) is 16.1 Å². The summed E-state index contributed by atoms with van der Waals surface area (Å²) < 4.78 is 7.90. The van der Waals surface area contributed by atoms with E-state index in [1.54, 1.807) is 6.07 Å². The van der Waals surface area contributed by atoms with Crippen LogP contribution in [0.15, 0.2) is 22.8 Å². The van der Waals surface area contributed by atoms with Crippen molar-refractivity contribution in [1.82, 2.24) is 15.0 Å². The Labute approximate surface area is 128 Å². The van der Waals surface area contributed by atoms with Crippen LogP contribution in [0.5, 0.6) is 5.75 Å². The third-order valence-electron chi connectivity index (χ3n) is 2.52. The number of carboxylic acids is 1. The second-order valence-electron chi connectivity index (χ2n) is 4.05. The van der Waals surface area contributed by atoms with E-state index in [1.807, 2.05) is 13.0 Å². The topological polar surface area (TPSA) is 77.2 Å². The lowest BCUT2D eigenvalue weighted by Gasteiger charge is -2.11. The van der Waals surface area contributed by atoms with Gasteiger partial charge >= 0.3 is 5.97 Å². The number of aromatic carboxylic acids is 1. The molecule has 8 heteroatoms. The number of aryl methyl sites for hydroxylation is 1. The molecular weight excluding hydrogens is 350 g/mol. The third kappa shape index (κ3) is 3.49. The summed E-state index contributed by atoms with van der Waals surface area (Å²) in [7, 11) is 0. The summed E-state index contributed by atoms with van der Waals surface area (Å²) >= 11 is 9.45. The second kappa shape index (κ2) is 6.23. The van der Waals surface area contributed by atoms with Crippen molar-refractivity contribution in [3.05, 3.63) is 39.1 Å². The molecule has 1 aromatic carbocycles. The van der Waals surface area contributed by atoms with Gasteiger partial charge in [0.05, 0.1) is 17.8 Å². The number of nitrogens with zero attached hydrogens (tertiary/aromatic N) is 3. The monoisotopic (exact) mass is 359 g/mol. The van der Waals surface area contributed by atoms with E-state index in [0.29, 0.717) is 23.9 Å². The quantitative estimate of drug-likeness (QED) is 0.887. The Hall–Kier alpha value is -1.60. The molecule has 0 unspecified atom stereocenters. The smallest absolute Gasteiger partial charge is 0.358 e. The molecule has 0 radical (unpaired) electrons. The standard InChI is InChI=1S/C12H11BrClN3O3/c1-7-4-8(13)5-9(14)11(7)20-3-2-17-6-10(12(18)19)15-16-17/h4-6H,2-3H2,1H3,(H,18,19). The molecule has 2 rings (SSSR count). The van der Waals surface area contributed by atoms with E-state index >= 15 is 0 Å². The van der Waals surface area contributed by atoms with E-state index < -0.39 is 5.97 Å². The molecule has 0 saturated heterocycles. The average Bonchev–Trinajstić information content (AvgIpc) is 2.81. The average molecular weight is 361 g/mol. The Bertz CT molecular complexity index is 622. The van der Waals surface area contributed by atoms with Gasteiger partial charge in [-0.2, -0.15) is 0 Å². The Morgan fingerprint density at radius 3 is 2.90 bits per heavy atom. The van der Waals surface area contributed by atoms with Crippen LogP contribution >= 0.6 is 27.5 Å². The summed E-state index contributed by atoms with van der Waals surface area (Å²) in [5, 5.41) is 16.5. The van der Waals surface area contributed by atoms with Crippen LogP contribution in [-0.4, -0.2) is 32.7 Å². The van der Waals surface area contributed by atoms with Crippen molar-refractivity contribution in [1.29, 1.82) is 0 Å². The van der Waals surface area contributed by atoms with E-state index in [0.717, 1.165) is 10.0 Å². The minimum absolute atomic E-state index is 0.0946. The number of carboxylic acid groups (broad SMARTS) is 1. The maximum atomic E-state index is 10.7. The molecule has 1 aromatic heterocycles. The highest BCUT2D eigenvalue weighted by atomic mass is 79.9. The van der Waals surface area contributed by atoms with Gasteiger partial charge in [-0.15, -0.1) is 5.10 Å². The molecule has 0 amide bonds. The number of hydrogen-bond donors (Lipinski definition) is 1. The SMILES string of the molecule is Cc1cc(Br)cc(Cl)c1OCCn1cc(C(=O)O)nn1. The van der Waals surface area contributed by atoms with Crippen LogP contribution in [0.25, 0.3) is 0 Å². The van der Waals surface area contributed by atoms with E-state index in [1.165, 1.54) is 10.9 Å². The number of hydrogen-bond acceptors (Lipinski definition) is 4. The lowest BCUT2D eigenvalue weighted by Crippen LogP contribution is -2.09. The largest absolute Gasteiger partial charge is 0.490 e. The molecule has 0 bridgehead atoms. The van der Waals surface area contributed by atoms with Crippen molar-refractivity contribution in [3.8, 4) is 5.75 Å². The van der Waals surface area contributed by atoms with Crippen LogP contribution in [-0.2, 0) is 6.54 Å². The molecule has 0 fully saturated rings. The fraction of sp³-hybridized carbons (Fsp3) is 0.250. The predicted molar refractivity (Wildman–Crippen MR) is 76.4 cm³/mol. The van der Waals surface area contributed by atoms with Crippen molar-refractivity contribution in [2.75, 3.05) is 6.61 Å². The summed E-state index contributed by atoms with van der Waals surface area (Å²) in [6, 6.07) is 3.65. The van der Waals surface area contributed by atoms with Crippen molar-refractivity contribution in [2.24, 2.45) is 0 Å². The summed E-state index contributed by atoms with van der Waals surface area (Å²) in [4.78, 5) is 10.7. The number of carbonyl (C=O) groups is 1. The number of halogens is 2. The van der Waals surface area contributed by atoms with Gasteiger partial charge in [0.25, 0.3) is 0 Å². The van der Waals surface area contributed by atoms with Crippen molar-refractivity contribution in [2.45, 2.75) is 13.5 Å². The van der Waals surface area contributed by atoms with Gasteiger partial charge in [-0.05, 0) is 24.6 Å². The summed E-state index contributed by atoms with van der Waals surface area (Å²) in [6.45, 7) is 2.58. The Morgan fingerprint density at radius 2 is 2.30 bits per heavy atom. The lowest BCUT2D eigenvalue weighted by atomic mass is 10.2. The highest BCUT2D eigenvalue weighted by molar-refractivity contribution is 9.10. The maximum Gasteiger partial charge on any atom is 0.358 e. The highest BCUT2D eigenvalue weighted by Crippen LogP contribution is 2.31. The van der Waals surface area contributed by atoms with Crippen LogP contribution in [0.4, 0.5) is 0 Å². The molecule has 0 aliphatic heterocycles. The zero-order valence-electron chi connectivity index (χ0n) is 10.5. The third-order valence-corrected chi connectivity index (χ3v) is 3.26. The van der Waals surface area contributed by atoms with Crippen molar-refractivity contribution in [3.63, 3.8) is 0 Å². The van der Waals surface area contributed by atoms with Crippen molar-refractivity contribution >= 4 is 33.5 Å². The number of ether oxygens (including phenoxy) is 1. The van der Waals surface area contributed by atoms with Gasteiger partial charge in [0.2, 0.25) is 0 Å². The number of benzene rings is 1. The molecular formula is C12H11BrClN3O3. The van der Waals surface area contributed by atoms with E-state index in [9.17, 15) is 4.79 Å². The van der Waals surface area contributed by atoms with E-state index in [2.05, 4.69) is 26.2 Å². The maximum absolute atomic E-state index is 10.7. The second-order valence-corrected chi connectivity index (χ2v) is 5.38. The molecule has 0 aliphatic rings. The molecule has 20 heavy (non-hydrogen) atoms. The van der Waals surface area contributed by atoms with Crippen LogP contribution in [0, 0.1) is 6.92 Å². The van der Waals surface area contributed by atoms with E-state index in [4.69, 9.17) is 21.4 Å². The fourth-order valence-corrected chi connectivity index (χ4v) is 2.64. The Balaban J connectivity index is 1.97. The molecule has 0 spiro atoms. The normalized spacial score (nSPS) is 10.6. The molecule has 0 aliphatic carbocycles. The zero-order chi connectivity index (χ0) is 14.7. The minimum Gasteiger partial charge on any atom is -0.490 e. The Morgan fingerprint density at radius 1 is 1.55 bits per heavy atom. The van der Waals surface area contributed by atoms with Crippen LogP contribution in [0.3, 0.4) is 0 Å². The number of aromatic nitrogens is 3. The zero-order valence-corrected chi connectivity index (χ0v) is 12.8. The van der Waals surface area contributed by atoms with Crippen molar-refractivity contribution < 1.29 is 14.6 Å².